The zero-order valence-electron chi connectivity index (χ0n) is 21.1. The average molecular weight is 509 g/mol. The minimum atomic E-state index is -1.00. The molecular formula is C23H35ClN5O4Si. The van der Waals surface area contributed by atoms with E-state index in [0.717, 1.165) is 5.57 Å². The number of nitrogens with one attached hydrogen (secondary N) is 1. The van der Waals surface area contributed by atoms with Crippen LogP contribution < -0.4 is 5.32 Å². The number of carbonyl (C=O) groups is 1. The molecule has 2 aromatic rings. The van der Waals surface area contributed by atoms with E-state index >= 15 is 0 Å². The van der Waals surface area contributed by atoms with Crippen LogP contribution in [-0.2, 0) is 9.16 Å². The molecule has 9 nitrogen and oxygen atoms in total. The van der Waals surface area contributed by atoms with Gasteiger partial charge in [-0.1, -0.05) is 39.0 Å². The molecule has 1 unspecified atom stereocenters. The molecule has 0 bridgehead atoms. The van der Waals surface area contributed by atoms with Crippen LogP contribution in [-0.4, -0.2) is 57.6 Å². The Bertz CT molecular complexity index is 1080. The fourth-order valence-electron chi connectivity index (χ4n) is 4.29. The third-order valence-electron chi connectivity index (χ3n) is 5.61. The maximum atomic E-state index is 12.2. The van der Waals surface area contributed by atoms with Gasteiger partial charge in [-0.3, -0.25) is 5.32 Å². The first-order chi connectivity index (χ1) is 15.6. The first-order valence-corrected chi connectivity index (χ1v) is 14.1. The zero-order valence-corrected chi connectivity index (χ0v) is 22.9. The van der Waals surface area contributed by atoms with Gasteiger partial charge in [0.25, 0.3) is 0 Å². The normalized spacial score (nSPS) is 22.4. The molecule has 2 aromatic heterocycles. The summed E-state index contributed by atoms with van der Waals surface area (Å²) < 4.78 is 13.5. The monoisotopic (exact) mass is 508 g/mol. The number of rotatable bonds is 5. The number of hydrogen-bond acceptors (Lipinski definition) is 7. The average Bonchev–Trinajstić information content (AvgIpc) is 3.18. The molecule has 1 amide bonds. The molecule has 187 valence electrons. The fraction of sp³-hybridized carbons (Fsp3) is 0.652. The van der Waals surface area contributed by atoms with Crippen molar-refractivity contribution < 1.29 is 19.1 Å². The molecule has 2 heterocycles. The van der Waals surface area contributed by atoms with Crippen molar-refractivity contribution in [2.45, 2.75) is 84.9 Å². The van der Waals surface area contributed by atoms with Crippen LogP contribution in [0.2, 0.25) is 18.2 Å². The van der Waals surface area contributed by atoms with E-state index in [4.69, 9.17) is 20.8 Å². The van der Waals surface area contributed by atoms with Crippen molar-refractivity contribution >= 4 is 43.8 Å². The summed E-state index contributed by atoms with van der Waals surface area (Å²) in [4.78, 5) is 25.2. The van der Waals surface area contributed by atoms with E-state index in [1.165, 1.54) is 0 Å². The SMILES string of the molecule is C=C1[C@@H](C(O[Si](C)C)C(C)(C)C)[C@@H](O)C[C@@H]1n1cnc2c(Cl)nc(NC(=O)OC(C)(C)C)nc21. The van der Waals surface area contributed by atoms with Crippen molar-refractivity contribution in [3.8, 4) is 0 Å². The van der Waals surface area contributed by atoms with Gasteiger partial charge in [-0.15, -0.1) is 0 Å². The molecule has 0 aromatic carbocycles. The van der Waals surface area contributed by atoms with Crippen molar-refractivity contribution in [2.75, 3.05) is 5.32 Å². The highest BCUT2D eigenvalue weighted by atomic mass is 35.5. The van der Waals surface area contributed by atoms with Gasteiger partial charge >= 0.3 is 6.09 Å². The van der Waals surface area contributed by atoms with Gasteiger partial charge in [0.05, 0.1) is 24.6 Å². The molecule has 1 fully saturated rings. The summed E-state index contributed by atoms with van der Waals surface area (Å²) in [5, 5.41) is 13.7. The van der Waals surface area contributed by atoms with E-state index in [1.807, 2.05) is 4.57 Å². The van der Waals surface area contributed by atoms with Gasteiger partial charge in [0, 0.05) is 5.92 Å². The fourth-order valence-corrected chi connectivity index (χ4v) is 5.51. The predicted octanol–water partition coefficient (Wildman–Crippen LogP) is 4.99. The van der Waals surface area contributed by atoms with Crippen LogP contribution in [0.4, 0.5) is 10.7 Å². The molecule has 4 atom stereocenters. The number of carbonyl (C=O) groups excluding carboxylic acids is 1. The second-order valence-corrected chi connectivity index (χ2v) is 13.4. The van der Waals surface area contributed by atoms with Crippen molar-refractivity contribution in [3.63, 3.8) is 0 Å². The van der Waals surface area contributed by atoms with Crippen LogP contribution in [0.25, 0.3) is 11.2 Å². The molecule has 1 aliphatic rings. The molecule has 34 heavy (non-hydrogen) atoms. The van der Waals surface area contributed by atoms with Crippen molar-refractivity contribution in [2.24, 2.45) is 11.3 Å². The third-order valence-corrected chi connectivity index (χ3v) is 6.59. The summed E-state index contributed by atoms with van der Waals surface area (Å²) in [5.74, 6) is -0.228. The standard InChI is InChI=1S/C23H35ClN5O4Si/c1-12-13(10-14(30)15(12)17(22(2,3)4)33-34(8)9)29-11-25-16-18(24)26-20(27-19(16)29)28-21(31)32-23(5,6)7/h11,13-15,17,30H,1,10H2,2-9H3,(H,26,27,28,31)/t13-,14-,15+,17?/m0/s1. The van der Waals surface area contributed by atoms with Gasteiger partial charge < -0.3 is 18.8 Å². The zero-order chi connectivity index (χ0) is 25.6. The Labute approximate surface area is 207 Å². The summed E-state index contributed by atoms with van der Waals surface area (Å²) in [6.45, 7) is 20.2. The van der Waals surface area contributed by atoms with Gasteiger partial charge in [-0.2, -0.15) is 9.97 Å². The smallest absolute Gasteiger partial charge is 0.414 e. The number of aromatic nitrogens is 4. The maximum absolute atomic E-state index is 12.2. The largest absolute Gasteiger partial charge is 0.444 e. The number of anilines is 1. The van der Waals surface area contributed by atoms with Crippen LogP contribution in [0.1, 0.15) is 54.0 Å². The van der Waals surface area contributed by atoms with E-state index < -0.39 is 26.8 Å². The van der Waals surface area contributed by atoms with Crippen LogP contribution in [0.15, 0.2) is 18.5 Å². The summed E-state index contributed by atoms with van der Waals surface area (Å²) >= 11 is 6.35. The summed E-state index contributed by atoms with van der Waals surface area (Å²) in [7, 11) is -1.00. The molecule has 0 spiro atoms. The van der Waals surface area contributed by atoms with E-state index in [-0.39, 0.29) is 34.6 Å². The Morgan fingerprint density at radius 1 is 1.29 bits per heavy atom. The molecular weight excluding hydrogens is 474 g/mol. The lowest BCUT2D eigenvalue weighted by molar-refractivity contribution is -0.00175. The second kappa shape index (κ2) is 9.56. The Kier molecular flexibility index (Phi) is 7.48. The first kappa shape index (κ1) is 26.6. The Hall–Kier alpha value is -2.01. The number of aliphatic hydroxyl groups excluding tert-OH is 1. The predicted molar refractivity (Wildman–Crippen MR) is 134 cm³/mol. The third kappa shape index (κ3) is 5.79. The lowest BCUT2D eigenvalue weighted by atomic mass is 9.78. The molecule has 1 aliphatic carbocycles. The van der Waals surface area contributed by atoms with Crippen molar-refractivity contribution in [1.82, 2.24) is 19.5 Å². The molecule has 0 saturated heterocycles. The van der Waals surface area contributed by atoms with Crippen LogP contribution >= 0.6 is 11.6 Å². The number of fused-ring (bicyclic) bond motifs is 1. The molecule has 1 saturated carbocycles. The number of ether oxygens (including phenoxy) is 1. The highest BCUT2D eigenvalue weighted by molar-refractivity contribution is 6.48. The minimum absolute atomic E-state index is 0.00863. The molecule has 0 aliphatic heterocycles. The number of nitrogens with zero attached hydrogens (tertiary/aromatic N) is 4. The van der Waals surface area contributed by atoms with Gasteiger partial charge in [0.2, 0.25) is 15.0 Å². The lowest BCUT2D eigenvalue weighted by Crippen LogP contribution is -2.43. The number of amides is 1. The Morgan fingerprint density at radius 2 is 1.94 bits per heavy atom. The minimum Gasteiger partial charge on any atom is -0.444 e. The molecule has 3 rings (SSSR count). The summed E-state index contributed by atoms with van der Waals surface area (Å²) in [6, 6.07) is -0.261. The number of imidazole rings is 1. The molecule has 1 radical (unpaired) electrons. The summed E-state index contributed by atoms with van der Waals surface area (Å²) in [5.41, 5.74) is 0.841. The molecule has 11 heteroatoms. The highest BCUT2D eigenvalue weighted by Crippen LogP contribution is 2.46. The van der Waals surface area contributed by atoms with Crippen molar-refractivity contribution in [3.05, 3.63) is 23.6 Å². The topological polar surface area (TPSA) is 111 Å². The lowest BCUT2D eigenvalue weighted by Gasteiger charge is -2.38. The van der Waals surface area contributed by atoms with Gasteiger partial charge in [-0.25, -0.2) is 9.78 Å². The van der Waals surface area contributed by atoms with E-state index in [9.17, 15) is 9.90 Å². The Morgan fingerprint density at radius 3 is 2.50 bits per heavy atom. The number of hydrogen-bond donors (Lipinski definition) is 2. The number of halogens is 1. The van der Waals surface area contributed by atoms with Gasteiger partial charge in [0.15, 0.2) is 10.8 Å². The summed E-state index contributed by atoms with van der Waals surface area (Å²) in [6.07, 6.45) is 0.571. The van der Waals surface area contributed by atoms with E-state index in [1.54, 1.807) is 27.1 Å². The van der Waals surface area contributed by atoms with Gasteiger partial charge in [-0.05, 0) is 51.3 Å². The second-order valence-electron chi connectivity index (χ2n) is 11.0. The van der Waals surface area contributed by atoms with Crippen molar-refractivity contribution in [1.29, 1.82) is 0 Å². The van der Waals surface area contributed by atoms with E-state index in [0.29, 0.717) is 17.6 Å². The quantitative estimate of drug-likeness (QED) is 0.332. The van der Waals surface area contributed by atoms with E-state index in [2.05, 4.69) is 60.7 Å². The maximum Gasteiger partial charge on any atom is 0.414 e. The Balaban J connectivity index is 1.95. The van der Waals surface area contributed by atoms with Crippen LogP contribution in [0, 0.1) is 11.3 Å². The van der Waals surface area contributed by atoms with Gasteiger partial charge in [0.1, 0.15) is 11.1 Å². The molecule has 2 N–H and O–H groups in total. The first-order valence-electron chi connectivity index (χ1n) is 11.3. The number of aliphatic hydroxyl groups is 1. The van der Waals surface area contributed by atoms with Crippen LogP contribution in [0.3, 0.4) is 0 Å². The highest BCUT2D eigenvalue weighted by Gasteiger charge is 2.47. The van der Waals surface area contributed by atoms with Crippen LogP contribution in [0.5, 0.6) is 0 Å².